The lowest BCUT2D eigenvalue weighted by molar-refractivity contribution is 0.472. The second-order valence-corrected chi connectivity index (χ2v) is 11.1. The second kappa shape index (κ2) is 8.49. The molecule has 3 nitrogen and oxygen atoms in total. The molecule has 0 aliphatic carbocycles. The van der Waals surface area contributed by atoms with Gasteiger partial charge in [-0.1, -0.05) is 92.7 Å². The molecule has 192 valence electrons. The minimum atomic E-state index is -0.238. The quantitative estimate of drug-likeness (QED) is 0.232. The van der Waals surface area contributed by atoms with Crippen LogP contribution in [-0.2, 0) is 5.41 Å². The van der Waals surface area contributed by atoms with E-state index in [1.54, 1.807) is 0 Å². The Morgan fingerprint density at radius 2 is 1.23 bits per heavy atom. The van der Waals surface area contributed by atoms with E-state index in [2.05, 4.69) is 157 Å². The lowest BCUT2D eigenvalue weighted by Crippen LogP contribution is -2.32. The predicted molar refractivity (Wildman–Crippen MR) is 166 cm³/mol. The van der Waals surface area contributed by atoms with E-state index in [0.29, 0.717) is 0 Å². The van der Waals surface area contributed by atoms with Crippen LogP contribution in [0, 0.1) is 0 Å². The zero-order valence-electron chi connectivity index (χ0n) is 22.5. The zero-order valence-corrected chi connectivity index (χ0v) is 22.5. The Kier molecular flexibility index (Phi) is 4.86. The number of anilines is 6. The van der Waals surface area contributed by atoms with Gasteiger partial charge in [0.1, 0.15) is 0 Å². The van der Waals surface area contributed by atoms with Crippen LogP contribution in [0.2, 0.25) is 0 Å². The number of fused-ring (bicyclic) bond motifs is 6. The van der Waals surface area contributed by atoms with Crippen LogP contribution >= 0.6 is 0 Å². The maximum atomic E-state index is 6.57. The normalized spacial score (nSPS) is 14.1. The van der Waals surface area contributed by atoms with E-state index in [-0.39, 0.29) is 5.41 Å². The average Bonchev–Trinajstić information content (AvgIpc) is 3.00. The molecule has 0 amide bonds. The molecule has 2 aliphatic heterocycles. The summed E-state index contributed by atoms with van der Waals surface area (Å²) in [5, 5.41) is 2.39. The highest BCUT2D eigenvalue weighted by molar-refractivity contribution is 6.06. The molecule has 6 aromatic rings. The first-order valence-corrected chi connectivity index (χ1v) is 13.8. The Hall–Kier alpha value is -5.02. The molecule has 2 aliphatic rings. The molecular weight excluding hydrogens is 488 g/mol. The van der Waals surface area contributed by atoms with Crippen LogP contribution in [0.3, 0.4) is 0 Å². The van der Waals surface area contributed by atoms with Crippen LogP contribution < -0.4 is 14.5 Å². The van der Waals surface area contributed by atoms with Crippen molar-refractivity contribution in [1.29, 1.82) is 0 Å². The fourth-order valence-corrected chi connectivity index (χ4v) is 6.46. The van der Waals surface area contributed by atoms with E-state index in [1.165, 1.54) is 27.6 Å². The fraction of sp³-hybridized carbons (Fsp3) is 0.0811. The number of nitrogens with zero attached hydrogens (tertiary/aromatic N) is 2. The summed E-state index contributed by atoms with van der Waals surface area (Å²) in [6.45, 7) is 4.66. The SMILES string of the molecule is CC1(C)c2cc(N(c3ccccc3)c3ccccc3)ccc2N2c3c(cccc31)Oc1ccc3ccccc3c12. The van der Waals surface area contributed by atoms with Crippen LogP contribution in [0.1, 0.15) is 25.0 Å². The van der Waals surface area contributed by atoms with Gasteiger partial charge in [-0.25, -0.2) is 0 Å². The molecule has 0 aromatic heterocycles. The van der Waals surface area contributed by atoms with Gasteiger partial charge in [-0.05, 0) is 71.1 Å². The van der Waals surface area contributed by atoms with Crippen LogP contribution in [-0.4, -0.2) is 0 Å². The van der Waals surface area contributed by atoms with E-state index >= 15 is 0 Å². The Morgan fingerprint density at radius 1 is 0.550 bits per heavy atom. The Morgan fingerprint density at radius 3 is 1.98 bits per heavy atom. The summed E-state index contributed by atoms with van der Waals surface area (Å²) in [4.78, 5) is 4.77. The molecular formula is C37H28N2O. The van der Waals surface area contributed by atoms with E-state index in [1.807, 2.05) is 0 Å². The summed E-state index contributed by atoms with van der Waals surface area (Å²) in [5.41, 5.74) is 9.14. The van der Waals surface area contributed by atoms with Gasteiger partial charge in [0.2, 0.25) is 0 Å². The van der Waals surface area contributed by atoms with E-state index in [0.717, 1.165) is 39.9 Å². The Bertz CT molecular complexity index is 1870. The third-order valence-electron chi connectivity index (χ3n) is 8.38. The highest BCUT2D eigenvalue weighted by Crippen LogP contribution is 2.61. The van der Waals surface area contributed by atoms with E-state index in [4.69, 9.17) is 4.74 Å². The highest BCUT2D eigenvalue weighted by Gasteiger charge is 2.42. The Balaban J connectivity index is 1.40. The van der Waals surface area contributed by atoms with Crippen molar-refractivity contribution in [2.24, 2.45) is 0 Å². The van der Waals surface area contributed by atoms with Gasteiger partial charge in [0.25, 0.3) is 0 Å². The third-order valence-corrected chi connectivity index (χ3v) is 8.38. The molecule has 0 spiro atoms. The number of hydrogen-bond acceptors (Lipinski definition) is 3. The van der Waals surface area contributed by atoms with Gasteiger partial charge >= 0.3 is 0 Å². The minimum Gasteiger partial charge on any atom is -0.453 e. The summed E-state index contributed by atoms with van der Waals surface area (Å²) in [5.74, 6) is 1.78. The smallest absolute Gasteiger partial charge is 0.152 e. The van der Waals surface area contributed by atoms with Gasteiger partial charge in [0.15, 0.2) is 11.5 Å². The summed E-state index contributed by atoms with van der Waals surface area (Å²) in [6, 6.07) is 47.4. The topological polar surface area (TPSA) is 15.7 Å². The standard InChI is InChI=1S/C37H28N2O/c1-37(2)30-18-11-19-33-36(30)39(35-29-17-10-9-12-25(29)20-23-34(35)40-33)32-22-21-28(24-31(32)37)38(26-13-5-3-6-14-26)27-15-7-4-8-16-27/h3-24H,1-2H3. The maximum Gasteiger partial charge on any atom is 0.152 e. The minimum absolute atomic E-state index is 0.238. The molecule has 8 rings (SSSR count). The van der Waals surface area contributed by atoms with Gasteiger partial charge in [-0.3, -0.25) is 0 Å². The van der Waals surface area contributed by atoms with Crippen molar-refractivity contribution in [3.05, 3.63) is 145 Å². The molecule has 0 radical (unpaired) electrons. The highest BCUT2D eigenvalue weighted by atomic mass is 16.5. The lowest BCUT2D eigenvalue weighted by atomic mass is 9.73. The molecule has 0 saturated carbocycles. The molecule has 2 heterocycles. The third kappa shape index (κ3) is 3.24. The number of hydrogen-bond donors (Lipinski definition) is 0. The van der Waals surface area contributed by atoms with Crippen LogP contribution in [0.25, 0.3) is 10.8 Å². The second-order valence-electron chi connectivity index (χ2n) is 11.1. The van der Waals surface area contributed by atoms with Crippen molar-refractivity contribution >= 4 is 44.9 Å². The van der Waals surface area contributed by atoms with Gasteiger partial charge < -0.3 is 14.5 Å². The number of para-hydroxylation sites is 3. The van der Waals surface area contributed by atoms with E-state index < -0.39 is 0 Å². The maximum absolute atomic E-state index is 6.57. The van der Waals surface area contributed by atoms with Crippen molar-refractivity contribution < 1.29 is 4.74 Å². The summed E-state index contributed by atoms with van der Waals surface area (Å²) in [6.07, 6.45) is 0. The predicted octanol–water partition coefficient (Wildman–Crippen LogP) is 10.5. The fourth-order valence-electron chi connectivity index (χ4n) is 6.46. The zero-order chi connectivity index (χ0) is 26.8. The number of benzene rings is 6. The van der Waals surface area contributed by atoms with E-state index in [9.17, 15) is 0 Å². The molecule has 6 aromatic carbocycles. The Labute approximate surface area is 234 Å². The van der Waals surface area contributed by atoms with Crippen molar-refractivity contribution in [2.45, 2.75) is 19.3 Å². The monoisotopic (exact) mass is 516 g/mol. The summed E-state index contributed by atoms with van der Waals surface area (Å²) >= 11 is 0. The number of ether oxygens (including phenoxy) is 1. The molecule has 0 fully saturated rings. The summed E-state index contributed by atoms with van der Waals surface area (Å²) in [7, 11) is 0. The summed E-state index contributed by atoms with van der Waals surface area (Å²) < 4.78 is 6.57. The lowest BCUT2D eigenvalue weighted by Gasteiger charge is -2.45. The van der Waals surface area contributed by atoms with Crippen LogP contribution in [0.4, 0.5) is 34.1 Å². The molecule has 0 saturated heterocycles. The molecule has 40 heavy (non-hydrogen) atoms. The van der Waals surface area contributed by atoms with Crippen molar-refractivity contribution in [2.75, 3.05) is 9.80 Å². The van der Waals surface area contributed by atoms with Crippen LogP contribution in [0.5, 0.6) is 11.5 Å². The van der Waals surface area contributed by atoms with Gasteiger partial charge in [0, 0.05) is 27.9 Å². The number of rotatable bonds is 3. The average molecular weight is 517 g/mol. The van der Waals surface area contributed by atoms with Crippen molar-refractivity contribution in [3.63, 3.8) is 0 Å². The molecule has 0 N–H and O–H groups in total. The first-order valence-electron chi connectivity index (χ1n) is 13.8. The first kappa shape index (κ1) is 22.9. The van der Waals surface area contributed by atoms with Gasteiger partial charge in [0.05, 0.1) is 17.1 Å². The van der Waals surface area contributed by atoms with Crippen molar-refractivity contribution in [1.82, 2.24) is 0 Å². The molecule has 0 atom stereocenters. The first-order chi connectivity index (χ1) is 19.6. The molecule has 0 unspecified atom stereocenters. The van der Waals surface area contributed by atoms with Gasteiger partial charge in [-0.15, -0.1) is 0 Å². The van der Waals surface area contributed by atoms with Gasteiger partial charge in [-0.2, -0.15) is 0 Å². The molecule has 3 heteroatoms. The van der Waals surface area contributed by atoms with Crippen molar-refractivity contribution in [3.8, 4) is 11.5 Å². The molecule has 0 bridgehead atoms. The largest absolute Gasteiger partial charge is 0.453 e. The van der Waals surface area contributed by atoms with Crippen LogP contribution in [0.15, 0.2) is 133 Å².